The molecule has 0 bridgehead atoms. The van der Waals surface area contributed by atoms with Crippen molar-refractivity contribution in [2.24, 2.45) is 13.0 Å². The van der Waals surface area contributed by atoms with Gasteiger partial charge in [0.15, 0.2) is 0 Å². The molecule has 0 amide bonds. The van der Waals surface area contributed by atoms with Gasteiger partial charge in [-0.3, -0.25) is 4.68 Å². The predicted octanol–water partition coefficient (Wildman–Crippen LogP) is 1.38. The fourth-order valence-corrected chi connectivity index (χ4v) is 1.57. The van der Waals surface area contributed by atoms with Crippen molar-refractivity contribution in [1.29, 1.82) is 0 Å². The number of hydrogen-bond acceptors (Lipinski definition) is 3. The van der Waals surface area contributed by atoms with Crippen LogP contribution in [0.15, 0.2) is 6.33 Å². The number of rotatable bonds is 7. The maximum Gasteiger partial charge on any atom is 0.138 e. The molecule has 1 aromatic rings. The normalized spacial score (nSPS) is 13.0. The average molecular weight is 210 g/mol. The Hall–Kier alpha value is -0.900. The molecule has 0 aliphatic rings. The number of nitrogens with one attached hydrogen (secondary N) is 1. The Bertz CT molecular complexity index is 269. The molecule has 0 saturated carbocycles. The minimum absolute atomic E-state index is 0.664. The van der Waals surface area contributed by atoms with Crippen molar-refractivity contribution < 1.29 is 0 Å². The van der Waals surface area contributed by atoms with Crippen LogP contribution in [0.25, 0.3) is 0 Å². The first kappa shape index (κ1) is 12.2. The summed E-state index contributed by atoms with van der Waals surface area (Å²) in [5, 5.41) is 7.49. The highest BCUT2D eigenvalue weighted by Gasteiger charge is 2.07. The molecule has 4 nitrogen and oxygen atoms in total. The summed E-state index contributed by atoms with van der Waals surface area (Å²) in [4.78, 5) is 4.23. The monoisotopic (exact) mass is 210 g/mol. The van der Waals surface area contributed by atoms with E-state index in [4.69, 9.17) is 0 Å². The molecule has 4 heteroatoms. The molecule has 0 aromatic carbocycles. The summed E-state index contributed by atoms with van der Waals surface area (Å²) in [6.45, 7) is 6.68. The smallest absolute Gasteiger partial charge is 0.138 e. The summed E-state index contributed by atoms with van der Waals surface area (Å²) in [7, 11) is 1.95. The van der Waals surface area contributed by atoms with Gasteiger partial charge >= 0.3 is 0 Å². The highest BCUT2D eigenvalue weighted by atomic mass is 15.3. The summed E-state index contributed by atoms with van der Waals surface area (Å²) < 4.78 is 1.86. The number of hydrogen-bond donors (Lipinski definition) is 1. The lowest BCUT2D eigenvalue weighted by atomic mass is 10.0. The third-order valence-corrected chi connectivity index (χ3v) is 2.58. The molecule has 0 aliphatic carbocycles. The quantitative estimate of drug-likeness (QED) is 0.691. The first-order valence-electron chi connectivity index (χ1n) is 5.77. The van der Waals surface area contributed by atoms with E-state index in [9.17, 15) is 0 Å². The van der Waals surface area contributed by atoms with Gasteiger partial charge in [-0.2, -0.15) is 5.10 Å². The number of aromatic nitrogens is 3. The maximum atomic E-state index is 4.23. The van der Waals surface area contributed by atoms with E-state index in [1.807, 2.05) is 11.7 Å². The Morgan fingerprint density at radius 1 is 1.47 bits per heavy atom. The Kier molecular flexibility index (Phi) is 5.32. The average Bonchev–Trinajstić information content (AvgIpc) is 2.59. The van der Waals surface area contributed by atoms with E-state index < -0.39 is 0 Å². The van der Waals surface area contributed by atoms with E-state index in [0.717, 1.165) is 25.3 Å². The van der Waals surface area contributed by atoms with Crippen LogP contribution in [-0.4, -0.2) is 27.9 Å². The van der Waals surface area contributed by atoms with Crippen LogP contribution in [0.4, 0.5) is 0 Å². The van der Waals surface area contributed by atoms with Gasteiger partial charge in [0.2, 0.25) is 0 Å². The van der Waals surface area contributed by atoms with Gasteiger partial charge in [-0.25, -0.2) is 4.98 Å². The van der Waals surface area contributed by atoms with Crippen molar-refractivity contribution in [1.82, 2.24) is 20.1 Å². The second-order valence-electron chi connectivity index (χ2n) is 4.15. The highest BCUT2D eigenvalue weighted by molar-refractivity contribution is 4.85. The molecule has 1 heterocycles. The zero-order valence-corrected chi connectivity index (χ0v) is 10.0. The van der Waals surface area contributed by atoms with E-state index in [1.165, 1.54) is 12.8 Å². The first-order valence-corrected chi connectivity index (χ1v) is 5.77. The lowest BCUT2D eigenvalue weighted by Gasteiger charge is -2.10. The van der Waals surface area contributed by atoms with Crippen LogP contribution >= 0.6 is 0 Å². The van der Waals surface area contributed by atoms with Crippen molar-refractivity contribution in [2.45, 2.75) is 33.1 Å². The van der Waals surface area contributed by atoms with Gasteiger partial charge in [0, 0.05) is 13.5 Å². The fraction of sp³-hybridized carbons (Fsp3) is 0.818. The summed E-state index contributed by atoms with van der Waals surface area (Å²) in [5.41, 5.74) is 0. The molecule has 0 radical (unpaired) electrons. The first-order chi connectivity index (χ1) is 7.24. The Labute approximate surface area is 92.1 Å². The lowest BCUT2D eigenvalue weighted by Crippen LogP contribution is -2.19. The van der Waals surface area contributed by atoms with Gasteiger partial charge in [0.05, 0.1) is 0 Å². The van der Waals surface area contributed by atoms with Crippen LogP contribution in [0, 0.1) is 5.92 Å². The van der Waals surface area contributed by atoms with Crippen LogP contribution in [0.3, 0.4) is 0 Å². The zero-order valence-electron chi connectivity index (χ0n) is 10.0. The third-order valence-electron chi connectivity index (χ3n) is 2.58. The molecule has 15 heavy (non-hydrogen) atoms. The standard InChI is InChI=1S/C11H22N4/c1-4-6-12-7-5-10(2)8-11-13-9-14-15(11)3/h9-10,12H,4-8H2,1-3H3. The second kappa shape index (κ2) is 6.56. The van der Waals surface area contributed by atoms with Crippen molar-refractivity contribution in [3.63, 3.8) is 0 Å². The molecule has 0 fully saturated rings. The summed E-state index contributed by atoms with van der Waals surface area (Å²) in [6, 6.07) is 0. The maximum absolute atomic E-state index is 4.23. The Morgan fingerprint density at radius 3 is 2.87 bits per heavy atom. The minimum atomic E-state index is 0.664. The van der Waals surface area contributed by atoms with E-state index in [2.05, 4.69) is 29.2 Å². The van der Waals surface area contributed by atoms with Gasteiger partial charge in [0.1, 0.15) is 12.2 Å². The molecule has 1 unspecified atom stereocenters. The SMILES string of the molecule is CCCNCCC(C)Cc1ncnn1C. The van der Waals surface area contributed by atoms with Crippen molar-refractivity contribution in [2.75, 3.05) is 13.1 Å². The second-order valence-corrected chi connectivity index (χ2v) is 4.15. The topological polar surface area (TPSA) is 42.7 Å². The van der Waals surface area contributed by atoms with Gasteiger partial charge in [-0.1, -0.05) is 13.8 Å². The minimum Gasteiger partial charge on any atom is -0.317 e. The lowest BCUT2D eigenvalue weighted by molar-refractivity contribution is 0.479. The number of nitrogens with zero attached hydrogens (tertiary/aromatic N) is 3. The summed E-state index contributed by atoms with van der Waals surface area (Å²) in [5.74, 6) is 1.75. The van der Waals surface area contributed by atoms with Crippen molar-refractivity contribution in [3.05, 3.63) is 12.2 Å². The van der Waals surface area contributed by atoms with Crippen LogP contribution in [0.1, 0.15) is 32.5 Å². The van der Waals surface area contributed by atoms with Gasteiger partial charge in [-0.15, -0.1) is 0 Å². The van der Waals surface area contributed by atoms with Crippen LogP contribution < -0.4 is 5.32 Å². The van der Waals surface area contributed by atoms with E-state index in [-0.39, 0.29) is 0 Å². The van der Waals surface area contributed by atoms with Crippen molar-refractivity contribution in [3.8, 4) is 0 Å². The van der Waals surface area contributed by atoms with Crippen molar-refractivity contribution >= 4 is 0 Å². The molecule has 1 rings (SSSR count). The summed E-state index contributed by atoms with van der Waals surface area (Å²) >= 11 is 0. The van der Waals surface area contributed by atoms with E-state index in [1.54, 1.807) is 6.33 Å². The van der Waals surface area contributed by atoms with E-state index >= 15 is 0 Å². The largest absolute Gasteiger partial charge is 0.317 e. The van der Waals surface area contributed by atoms with Gasteiger partial charge < -0.3 is 5.32 Å². The van der Waals surface area contributed by atoms with E-state index in [0.29, 0.717) is 5.92 Å². The van der Waals surface area contributed by atoms with Gasteiger partial charge in [0.25, 0.3) is 0 Å². The molecular formula is C11H22N4. The summed E-state index contributed by atoms with van der Waals surface area (Å²) in [6.07, 6.45) is 5.05. The molecule has 0 spiro atoms. The molecule has 86 valence electrons. The van der Waals surface area contributed by atoms with Crippen LogP contribution in [-0.2, 0) is 13.5 Å². The molecule has 1 atom stereocenters. The van der Waals surface area contributed by atoms with Crippen LogP contribution in [0.2, 0.25) is 0 Å². The molecular weight excluding hydrogens is 188 g/mol. The zero-order chi connectivity index (χ0) is 11.1. The Morgan fingerprint density at radius 2 is 2.27 bits per heavy atom. The molecule has 1 aromatic heterocycles. The molecule has 0 aliphatic heterocycles. The number of aryl methyl sites for hydroxylation is 1. The fourth-order valence-electron chi connectivity index (χ4n) is 1.57. The third kappa shape index (κ3) is 4.42. The molecule has 0 saturated heterocycles. The van der Waals surface area contributed by atoms with Gasteiger partial charge in [-0.05, 0) is 31.8 Å². The Balaban J connectivity index is 2.18. The predicted molar refractivity (Wildman–Crippen MR) is 61.6 cm³/mol. The highest BCUT2D eigenvalue weighted by Crippen LogP contribution is 2.07. The molecule has 1 N–H and O–H groups in total. The van der Waals surface area contributed by atoms with Crippen LogP contribution in [0.5, 0.6) is 0 Å².